The Hall–Kier alpha value is -1.06. The molecule has 118 valence electrons. The molecule has 0 aromatic heterocycles. The van der Waals surface area contributed by atoms with Gasteiger partial charge in [0.25, 0.3) is 0 Å². The first kappa shape index (κ1) is 16.3. The molecule has 1 atom stereocenters. The molecular formula is C18H30N2O. The van der Waals surface area contributed by atoms with Crippen molar-refractivity contribution in [3.8, 4) is 5.75 Å². The lowest BCUT2D eigenvalue weighted by molar-refractivity contribution is 0.241. The molecule has 1 aromatic carbocycles. The highest BCUT2D eigenvalue weighted by atomic mass is 16.5. The van der Waals surface area contributed by atoms with Crippen molar-refractivity contribution in [2.24, 2.45) is 0 Å². The molecule has 1 saturated heterocycles. The summed E-state index contributed by atoms with van der Waals surface area (Å²) in [7, 11) is 0. The van der Waals surface area contributed by atoms with Crippen LogP contribution in [0.2, 0.25) is 0 Å². The van der Waals surface area contributed by atoms with Gasteiger partial charge in [0, 0.05) is 19.1 Å². The van der Waals surface area contributed by atoms with E-state index in [0.29, 0.717) is 6.04 Å². The van der Waals surface area contributed by atoms with Crippen molar-refractivity contribution in [1.29, 1.82) is 0 Å². The van der Waals surface area contributed by atoms with Gasteiger partial charge in [-0.3, -0.25) is 4.90 Å². The van der Waals surface area contributed by atoms with Crippen LogP contribution in [0.15, 0.2) is 24.3 Å². The molecular weight excluding hydrogens is 260 g/mol. The second-order valence-electron chi connectivity index (χ2n) is 6.02. The maximum absolute atomic E-state index is 5.65. The van der Waals surface area contributed by atoms with Gasteiger partial charge < -0.3 is 10.1 Å². The lowest BCUT2D eigenvalue weighted by Gasteiger charge is -2.25. The van der Waals surface area contributed by atoms with Crippen molar-refractivity contribution < 1.29 is 4.74 Å². The molecule has 1 aromatic rings. The lowest BCUT2D eigenvalue weighted by Crippen LogP contribution is -2.37. The molecule has 0 saturated carbocycles. The molecule has 3 nitrogen and oxygen atoms in total. The van der Waals surface area contributed by atoms with Crippen LogP contribution in [0.4, 0.5) is 0 Å². The van der Waals surface area contributed by atoms with Crippen molar-refractivity contribution in [2.75, 3.05) is 26.2 Å². The van der Waals surface area contributed by atoms with Crippen LogP contribution in [0.3, 0.4) is 0 Å². The van der Waals surface area contributed by atoms with Crippen LogP contribution in [0, 0.1) is 0 Å². The highest BCUT2D eigenvalue weighted by Gasteiger charge is 2.17. The van der Waals surface area contributed by atoms with Gasteiger partial charge in [0.05, 0.1) is 6.61 Å². The first-order valence-corrected chi connectivity index (χ1v) is 8.49. The summed E-state index contributed by atoms with van der Waals surface area (Å²) in [5, 5.41) is 3.60. The van der Waals surface area contributed by atoms with Gasteiger partial charge in [0.2, 0.25) is 0 Å². The molecule has 0 spiro atoms. The molecule has 1 aliphatic rings. The van der Waals surface area contributed by atoms with E-state index in [4.69, 9.17) is 4.74 Å². The van der Waals surface area contributed by atoms with Gasteiger partial charge in [-0.1, -0.05) is 26.0 Å². The molecule has 1 heterocycles. The van der Waals surface area contributed by atoms with Gasteiger partial charge in [-0.05, 0) is 56.5 Å². The summed E-state index contributed by atoms with van der Waals surface area (Å²) < 4.78 is 5.65. The Morgan fingerprint density at radius 2 is 2.00 bits per heavy atom. The number of ether oxygens (including phenoxy) is 1. The van der Waals surface area contributed by atoms with Gasteiger partial charge in [0.15, 0.2) is 0 Å². The summed E-state index contributed by atoms with van der Waals surface area (Å²) in [5.41, 5.74) is 1.38. The molecule has 1 fully saturated rings. The van der Waals surface area contributed by atoms with Crippen LogP contribution in [0.25, 0.3) is 0 Å². The summed E-state index contributed by atoms with van der Waals surface area (Å²) in [6, 6.07) is 9.29. The summed E-state index contributed by atoms with van der Waals surface area (Å²) >= 11 is 0. The highest BCUT2D eigenvalue weighted by molar-refractivity contribution is 5.27. The minimum Gasteiger partial charge on any atom is -0.494 e. The largest absolute Gasteiger partial charge is 0.494 e. The van der Waals surface area contributed by atoms with Crippen molar-refractivity contribution in [3.63, 3.8) is 0 Å². The first-order chi connectivity index (χ1) is 10.3. The molecule has 2 rings (SSSR count). The molecule has 0 amide bonds. The Morgan fingerprint density at radius 3 is 2.62 bits per heavy atom. The van der Waals surface area contributed by atoms with Crippen LogP contribution in [-0.2, 0) is 6.54 Å². The van der Waals surface area contributed by atoms with Crippen LogP contribution >= 0.6 is 0 Å². The van der Waals surface area contributed by atoms with E-state index in [1.165, 1.54) is 44.5 Å². The zero-order valence-corrected chi connectivity index (χ0v) is 13.6. The number of nitrogens with zero attached hydrogens (tertiary/aromatic N) is 1. The fourth-order valence-electron chi connectivity index (χ4n) is 2.94. The zero-order valence-electron chi connectivity index (χ0n) is 13.6. The van der Waals surface area contributed by atoms with Gasteiger partial charge in [-0.25, -0.2) is 0 Å². The number of benzene rings is 1. The Bertz CT molecular complexity index is 385. The van der Waals surface area contributed by atoms with E-state index in [-0.39, 0.29) is 0 Å². The molecule has 0 bridgehead atoms. The second-order valence-corrected chi connectivity index (χ2v) is 6.02. The Balaban J connectivity index is 1.86. The van der Waals surface area contributed by atoms with E-state index >= 15 is 0 Å². The monoisotopic (exact) mass is 290 g/mol. The second kappa shape index (κ2) is 9.06. The van der Waals surface area contributed by atoms with Gasteiger partial charge in [-0.15, -0.1) is 0 Å². The standard InChI is InChI=1S/C18H30N2O/c1-3-12-20(15-17-6-5-11-19-17)14-16-7-9-18(10-8-16)21-13-4-2/h7-10,17,19H,3-6,11-15H2,1-2H3. The summed E-state index contributed by atoms with van der Waals surface area (Å²) in [4.78, 5) is 2.57. The van der Waals surface area contributed by atoms with E-state index < -0.39 is 0 Å². The number of hydrogen-bond acceptors (Lipinski definition) is 3. The number of nitrogens with one attached hydrogen (secondary N) is 1. The summed E-state index contributed by atoms with van der Waals surface area (Å²) in [5.74, 6) is 0.986. The highest BCUT2D eigenvalue weighted by Crippen LogP contribution is 2.15. The fraction of sp³-hybridized carbons (Fsp3) is 0.667. The summed E-state index contributed by atoms with van der Waals surface area (Å²) in [6.07, 6.45) is 4.92. The topological polar surface area (TPSA) is 24.5 Å². The van der Waals surface area contributed by atoms with Crippen LogP contribution in [-0.4, -0.2) is 37.2 Å². The third-order valence-corrected chi connectivity index (χ3v) is 3.98. The van der Waals surface area contributed by atoms with Crippen LogP contribution < -0.4 is 10.1 Å². The van der Waals surface area contributed by atoms with E-state index in [1.54, 1.807) is 0 Å². The van der Waals surface area contributed by atoms with Gasteiger partial charge >= 0.3 is 0 Å². The Morgan fingerprint density at radius 1 is 1.19 bits per heavy atom. The van der Waals surface area contributed by atoms with Crippen molar-refractivity contribution in [2.45, 2.75) is 52.1 Å². The van der Waals surface area contributed by atoms with Crippen molar-refractivity contribution >= 4 is 0 Å². The van der Waals surface area contributed by atoms with Crippen LogP contribution in [0.5, 0.6) is 5.75 Å². The maximum Gasteiger partial charge on any atom is 0.119 e. The SMILES string of the molecule is CCCOc1ccc(CN(CCC)CC2CCCN2)cc1. The average molecular weight is 290 g/mol. The minimum atomic E-state index is 0.684. The Labute approximate surface area is 129 Å². The van der Waals surface area contributed by atoms with Crippen molar-refractivity contribution in [1.82, 2.24) is 10.2 Å². The zero-order chi connectivity index (χ0) is 14.9. The van der Waals surface area contributed by atoms with E-state index in [2.05, 4.69) is 48.3 Å². The quantitative estimate of drug-likeness (QED) is 0.754. The number of hydrogen-bond donors (Lipinski definition) is 1. The molecule has 1 aliphatic heterocycles. The maximum atomic E-state index is 5.65. The van der Waals surface area contributed by atoms with E-state index in [9.17, 15) is 0 Å². The molecule has 1 N–H and O–H groups in total. The third kappa shape index (κ3) is 5.68. The van der Waals surface area contributed by atoms with Crippen molar-refractivity contribution in [3.05, 3.63) is 29.8 Å². The smallest absolute Gasteiger partial charge is 0.119 e. The van der Waals surface area contributed by atoms with E-state index in [0.717, 1.165) is 25.3 Å². The van der Waals surface area contributed by atoms with Gasteiger partial charge in [-0.2, -0.15) is 0 Å². The van der Waals surface area contributed by atoms with Gasteiger partial charge in [0.1, 0.15) is 5.75 Å². The minimum absolute atomic E-state index is 0.684. The average Bonchev–Trinajstić information content (AvgIpc) is 3.00. The summed E-state index contributed by atoms with van der Waals surface area (Å²) in [6.45, 7) is 9.77. The normalized spacial score (nSPS) is 18.3. The third-order valence-electron chi connectivity index (χ3n) is 3.98. The predicted molar refractivity (Wildman–Crippen MR) is 88.8 cm³/mol. The fourth-order valence-corrected chi connectivity index (χ4v) is 2.94. The predicted octanol–water partition coefficient (Wildman–Crippen LogP) is 3.44. The molecule has 0 radical (unpaired) electrons. The molecule has 1 unspecified atom stereocenters. The first-order valence-electron chi connectivity index (χ1n) is 8.49. The lowest BCUT2D eigenvalue weighted by atomic mass is 10.1. The van der Waals surface area contributed by atoms with E-state index in [1.807, 2.05) is 0 Å². The molecule has 0 aliphatic carbocycles. The van der Waals surface area contributed by atoms with Crippen LogP contribution in [0.1, 0.15) is 45.1 Å². The molecule has 3 heteroatoms. The Kier molecular flexibility index (Phi) is 7.04. The molecule has 21 heavy (non-hydrogen) atoms. The number of rotatable bonds is 9.